The number of amides is 1. The monoisotopic (exact) mass is 472 g/mol. The minimum atomic E-state index is -3.77. The summed E-state index contributed by atoms with van der Waals surface area (Å²) in [6.45, 7) is 4.08. The van der Waals surface area contributed by atoms with E-state index in [4.69, 9.17) is 0 Å². The van der Waals surface area contributed by atoms with Crippen molar-refractivity contribution in [1.29, 1.82) is 0 Å². The number of piperazine rings is 1. The predicted octanol–water partition coefficient (Wildman–Crippen LogP) is 2.73. The van der Waals surface area contributed by atoms with Gasteiger partial charge in [0, 0.05) is 50.4 Å². The molecule has 0 radical (unpaired) electrons. The van der Waals surface area contributed by atoms with Gasteiger partial charge in [-0.05, 0) is 55.8 Å². The van der Waals surface area contributed by atoms with Crippen LogP contribution < -0.4 is 0 Å². The summed E-state index contributed by atoms with van der Waals surface area (Å²) in [6, 6.07) is 12.5. The number of hydrogen-bond acceptors (Lipinski definition) is 6. The lowest BCUT2D eigenvalue weighted by Gasteiger charge is -2.34. The molecule has 9 nitrogen and oxygen atoms in total. The summed E-state index contributed by atoms with van der Waals surface area (Å²) in [5.41, 5.74) is 1.63. The number of nitrogens with zero attached hydrogens (tertiary/aromatic N) is 4. The molecule has 33 heavy (non-hydrogen) atoms. The maximum absolute atomic E-state index is 12.9. The Balaban J connectivity index is 1.34. The van der Waals surface area contributed by atoms with Crippen molar-refractivity contribution in [1.82, 2.24) is 14.1 Å². The van der Waals surface area contributed by atoms with Crippen LogP contribution in [0.25, 0.3) is 0 Å². The quantitative estimate of drug-likeness (QED) is 0.473. The number of hydrogen-bond donors (Lipinski definition) is 0. The zero-order valence-electron chi connectivity index (χ0n) is 18.4. The molecule has 2 aliphatic heterocycles. The molecular weight excluding hydrogens is 444 g/mol. The van der Waals surface area contributed by atoms with Crippen LogP contribution in [-0.4, -0.2) is 72.6 Å². The molecule has 0 N–H and O–H groups in total. The first-order chi connectivity index (χ1) is 15.8. The zero-order chi connectivity index (χ0) is 23.4. The van der Waals surface area contributed by atoms with Crippen LogP contribution in [0.4, 0.5) is 5.69 Å². The fourth-order valence-electron chi connectivity index (χ4n) is 4.33. The van der Waals surface area contributed by atoms with Crippen molar-refractivity contribution in [2.45, 2.75) is 30.7 Å². The average molecular weight is 473 g/mol. The Morgan fingerprint density at radius 1 is 0.848 bits per heavy atom. The van der Waals surface area contributed by atoms with Crippen LogP contribution >= 0.6 is 0 Å². The van der Waals surface area contributed by atoms with E-state index in [1.165, 1.54) is 53.4 Å². The molecule has 1 amide bonds. The van der Waals surface area contributed by atoms with E-state index in [0.29, 0.717) is 18.7 Å². The van der Waals surface area contributed by atoms with E-state index < -0.39 is 14.9 Å². The first-order valence-electron chi connectivity index (χ1n) is 11.2. The van der Waals surface area contributed by atoms with Crippen molar-refractivity contribution < 1.29 is 18.1 Å². The number of rotatable bonds is 6. The molecule has 0 bridgehead atoms. The van der Waals surface area contributed by atoms with Crippen molar-refractivity contribution in [2.75, 3.05) is 39.3 Å². The second-order valence-electron chi connectivity index (χ2n) is 8.48. The van der Waals surface area contributed by atoms with Gasteiger partial charge in [0.25, 0.3) is 11.6 Å². The van der Waals surface area contributed by atoms with Crippen molar-refractivity contribution >= 4 is 21.6 Å². The Morgan fingerprint density at radius 2 is 1.45 bits per heavy atom. The summed E-state index contributed by atoms with van der Waals surface area (Å²) in [7, 11) is -3.77. The summed E-state index contributed by atoms with van der Waals surface area (Å²) in [6.07, 6.45) is 3.78. The number of non-ortho nitro benzene ring substituents is 1. The number of carbonyl (C=O) groups is 1. The molecule has 0 atom stereocenters. The van der Waals surface area contributed by atoms with Gasteiger partial charge in [0.1, 0.15) is 0 Å². The van der Waals surface area contributed by atoms with Gasteiger partial charge in [0.15, 0.2) is 0 Å². The number of nitro benzene ring substituents is 1. The largest absolute Gasteiger partial charge is 0.336 e. The maximum Gasteiger partial charge on any atom is 0.269 e. The SMILES string of the molecule is O=C(c1ccc(CN2CCCCC2)cc1)N1CCN(S(=O)(=O)c2ccc([N+](=O)[O-])cc2)CC1. The van der Waals surface area contributed by atoms with Gasteiger partial charge in [-0.3, -0.25) is 19.8 Å². The number of nitro groups is 1. The lowest BCUT2D eigenvalue weighted by atomic mass is 10.1. The molecule has 2 aromatic carbocycles. The summed E-state index contributed by atoms with van der Waals surface area (Å²) in [5, 5.41) is 10.8. The van der Waals surface area contributed by atoms with Gasteiger partial charge in [-0.1, -0.05) is 18.6 Å². The Labute approximate surface area is 193 Å². The van der Waals surface area contributed by atoms with Gasteiger partial charge < -0.3 is 4.90 Å². The highest BCUT2D eigenvalue weighted by atomic mass is 32.2. The van der Waals surface area contributed by atoms with Crippen LogP contribution in [0.5, 0.6) is 0 Å². The predicted molar refractivity (Wildman–Crippen MR) is 123 cm³/mol. The van der Waals surface area contributed by atoms with Gasteiger partial charge in [-0.2, -0.15) is 4.31 Å². The molecule has 176 valence electrons. The molecule has 0 aliphatic carbocycles. The molecule has 0 unspecified atom stereocenters. The van der Waals surface area contributed by atoms with Gasteiger partial charge in [-0.15, -0.1) is 0 Å². The average Bonchev–Trinajstić information content (AvgIpc) is 2.85. The zero-order valence-corrected chi connectivity index (χ0v) is 19.2. The van der Waals surface area contributed by atoms with Gasteiger partial charge in [-0.25, -0.2) is 8.42 Å². The van der Waals surface area contributed by atoms with Gasteiger partial charge >= 0.3 is 0 Å². The standard InChI is InChI=1S/C23H28N4O5S/c28-23(20-6-4-19(5-7-20)18-24-12-2-1-3-13-24)25-14-16-26(17-15-25)33(31,32)22-10-8-21(9-11-22)27(29)30/h4-11H,1-3,12-18H2. The lowest BCUT2D eigenvalue weighted by molar-refractivity contribution is -0.384. The third-order valence-corrected chi connectivity index (χ3v) is 8.18. The number of piperidine rings is 1. The minimum absolute atomic E-state index is 0.0113. The van der Waals surface area contributed by atoms with Crippen molar-refractivity contribution in [3.05, 3.63) is 69.8 Å². The summed E-state index contributed by atoms with van der Waals surface area (Å²) in [4.78, 5) is 27.3. The summed E-state index contributed by atoms with van der Waals surface area (Å²) >= 11 is 0. The Bertz CT molecular complexity index is 1090. The fourth-order valence-corrected chi connectivity index (χ4v) is 5.75. The Morgan fingerprint density at radius 3 is 2.03 bits per heavy atom. The molecule has 0 aromatic heterocycles. The van der Waals surface area contributed by atoms with E-state index in [2.05, 4.69) is 4.90 Å². The molecule has 0 saturated carbocycles. The van der Waals surface area contributed by atoms with E-state index in [1.807, 2.05) is 24.3 Å². The van der Waals surface area contributed by atoms with E-state index in [0.717, 1.165) is 19.6 Å². The lowest BCUT2D eigenvalue weighted by Crippen LogP contribution is -2.50. The normalized spacial score (nSPS) is 18.2. The van der Waals surface area contributed by atoms with Crippen molar-refractivity contribution in [2.24, 2.45) is 0 Å². The molecule has 10 heteroatoms. The molecule has 2 saturated heterocycles. The number of benzene rings is 2. The Kier molecular flexibility index (Phi) is 7.06. The first-order valence-corrected chi connectivity index (χ1v) is 12.6. The second kappa shape index (κ2) is 9.98. The molecule has 2 fully saturated rings. The van der Waals surface area contributed by atoms with E-state index >= 15 is 0 Å². The van der Waals surface area contributed by atoms with Crippen LogP contribution in [0.1, 0.15) is 35.2 Å². The van der Waals surface area contributed by atoms with Crippen LogP contribution in [0.3, 0.4) is 0 Å². The van der Waals surface area contributed by atoms with Crippen molar-refractivity contribution in [3.63, 3.8) is 0 Å². The molecular formula is C23H28N4O5S. The van der Waals surface area contributed by atoms with E-state index in [9.17, 15) is 23.3 Å². The third-order valence-electron chi connectivity index (χ3n) is 6.27. The van der Waals surface area contributed by atoms with Crippen LogP contribution in [0, 0.1) is 10.1 Å². The van der Waals surface area contributed by atoms with E-state index in [1.54, 1.807) is 4.90 Å². The minimum Gasteiger partial charge on any atom is -0.336 e. The van der Waals surface area contributed by atoms with Crippen LogP contribution in [0.15, 0.2) is 53.4 Å². The number of likely N-dealkylation sites (tertiary alicyclic amines) is 1. The second-order valence-corrected chi connectivity index (χ2v) is 10.4. The van der Waals surface area contributed by atoms with Crippen LogP contribution in [0.2, 0.25) is 0 Å². The molecule has 4 rings (SSSR count). The molecule has 2 aliphatic rings. The maximum atomic E-state index is 12.9. The highest BCUT2D eigenvalue weighted by molar-refractivity contribution is 7.89. The molecule has 2 heterocycles. The third kappa shape index (κ3) is 5.40. The Hall–Kier alpha value is -2.82. The smallest absolute Gasteiger partial charge is 0.269 e. The highest BCUT2D eigenvalue weighted by Gasteiger charge is 2.30. The van der Waals surface area contributed by atoms with E-state index in [-0.39, 0.29) is 29.6 Å². The van der Waals surface area contributed by atoms with Gasteiger partial charge in [0.2, 0.25) is 10.0 Å². The van der Waals surface area contributed by atoms with Gasteiger partial charge in [0.05, 0.1) is 9.82 Å². The summed E-state index contributed by atoms with van der Waals surface area (Å²) in [5.74, 6) is -0.105. The molecule has 2 aromatic rings. The fraction of sp³-hybridized carbons (Fsp3) is 0.435. The van der Waals surface area contributed by atoms with Crippen LogP contribution in [-0.2, 0) is 16.6 Å². The number of sulfonamides is 1. The topological polar surface area (TPSA) is 104 Å². The highest BCUT2D eigenvalue weighted by Crippen LogP contribution is 2.21. The first kappa shape index (κ1) is 23.3. The van der Waals surface area contributed by atoms with Crippen molar-refractivity contribution in [3.8, 4) is 0 Å². The number of carbonyl (C=O) groups excluding carboxylic acids is 1. The summed E-state index contributed by atoms with van der Waals surface area (Å²) < 4.78 is 27.0. The molecule has 0 spiro atoms.